The molecule has 2 unspecified atom stereocenters. The van der Waals surface area contributed by atoms with E-state index >= 15 is 0 Å². The van der Waals surface area contributed by atoms with Gasteiger partial charge >= 0.3 is 0 Å². The molecule has 1 aromatic carbocycles. The van der Waals surface area contributed by atoms with Crippen molar-refractivity contribution in [1.29, 1.82) is 5.26 Å². The zero-order valence-electron chi connectivity index (χ0n) is 9.50. The van der Waals surface area contributed by atoms with Crippen molar-refractivity contribution in [2.45, 2.75) is 19.8 Å². The van der Waals surface area contributed by atoms with E-state index in [1.807, 2.05) is 6.07 Å². The number of nitrogens with zero attached hydrogens (tertiary/aromatic N) is 1. The number of nitrogens with two attached hydrogens (primary N) is 1. The Morgan fingerprint density at radius 1 is 1.50 bits per heavy atom. The first-order valence-corrected chi connectivity index (χ1v) is 5.42. The van der Waals surface area contributed by atoms with E-state index in [0.29, 0.717) is 18.4 Å². The second-order valence-electron chi connectivity index (χ2n) is 4.99. The molecule has 1 aliphatic rings. The summed E-state index contributed by atoms with van der Waals surface area (Å²) in [6.07, 6.45) is 0. The van der Waals surface area contributed by atoms with Crippen molar-refractivity contribution in [3.63, 3.8) is 0 Å². The quantitative estimate of drug-likeness (QED) is 0.828. The number of hydrogen-bond donors (Lipinski definition) is 1. The number of rotatable bonds is 2. The molecule has 0 bridgehead atoms. The molecule has 1 aromatic rings. The standard InChI is InChI=1S/C13H15FN2/c1-13(2)10(7-16)12(13)8-3-4-11(14)9(5-8)6-15/h3-5,10,12H,7,16H2,1-2H3. The summed E-state index contributed by atoms with van der Waals surface area (Å²) in [5, 5.41) is 8.78. The van der Waals surface area contributed by atoms with Crippen molar-refractivity contribution in [1.82, 2.24) is 0 Å². The zero-order chi connectivity index (χ0) is 11.9. The normalized spacial score (nSPS) is 26.2. The van der Waals surface area contributed by atoms with Crippen LogP contribution in [0.1, 0.15) is 30.9 Å². The summed E-state index contributed by atoms with van der Waals surface area (Å²) in [7, 11) is 0. The molecule has 0 saturated heterocycles. The summed E-state index contributed by atoms with van der Waals surface area (Å²) in [6, 6.07) is 6.66. The fourth-order valence-corrected chi connectivity index (χ4v) is 2.67. The maximum Gasteiger partial charge on any atom is 0.140 e. The lowest BCUT2D eigenvalue weighted by Gasteiger charge is -2.04. The first-order valence-electron chi connectivity index (χ1n) is 5.42. The van der Waals surface area contributed by atoms with Crippen molar-refractivity contribution in [2.24, 2.45) is 17.1 Å². The highest BCUT2D eigenvalue weighted by Crippen LogP contribution is 2.63. The SMILES string of the molecule is CC1(C)C(CN)C1c1ccc(F)c(C#N)c1. The summed E-state index contributed by atoms with van der Waals surface area (Å²) in [5.74, 6) is 0.337. The lowest BCUT2D eigenvalue weighted by molar-refractivity contribution is 0.558. The van der Waals surface area contributed by atoms with Crippen LogP contribution in [0.15, 0.2) is 18.2 Å². The molecule has 2 nitrogen and oxygen atoms in total. The van der Waals surface area contributed by atoms with Crippen LogP contribution < -0.4 is 5.73 Å². The van der Waals surface area contributed by atoms with Crippen LogP contribution in [0.3, 0.4) is 0 Å². The van der Waals surface area contributed by atoms with E-state index in [1.54, 1.807) is 12.1 Å². The summed E-state index contributed by atoms with van der Waals surface area (Å²) in [4.78, 5) is 0. The van der Waals surface area contributed by atoms with Gasteiger partial charge in [-0.1, -0.05) is 19.9 Å². The Hall–Kier alpha value is -1.40. The fourth-order valence-electron chi connectivity index (χ4n) is 2.67. The summed E-state index contributed by atoms with van der Waals surface area (Å²) in [6.45, 7) is 4.95. The van der Waals surface area contributed by atoms with Gasteiger partial charge in [0.2, 0.25) is 0 Å². The largest absolute Gasteiger partial charge is 0.330 e. The molecular weight excluding hydrogens is 203 g/mol. The molecule has 0 spiro atoms. The Morgan fingerprint density at radius 3 is 2.69 bits per heavy atom. The smallest absolute Gasteiger partial charge is 0.140 e. The fraction of sp³-hybridized carbons (Fsp3) is 0.462. The highest BCUT2D eigenvalue weighted by molar-refractivity contribution is 5.40. The molecule has 0 heterocycles. The van der Waals surface area contributed by atoms with Crippen molar-refractivity contribution >= 4 is 0 Å². The molecule has 1 fully saturated rings. The molecule has 84 valence electrons. The number of nitriles is 1. The van der Waals surface area contributed by atoms with Gasteiger partial charge in [0.05, 0.1) is 5.56 Å². The van der Waals surface area contributed by atoms with E-state index in [1.165, 1.54) is 6.07 Å². The summed E-state index contributed by atoms with van der Waals surface area (Å²) < 4.78 is 13.2. The van der Waals surface area contributed by atoms with Crippen LogP contribution in [-0.4, -0.2) is 6.54 Å². The van der Waals surface area contributed by atoms with Gasteiger partial charge in [-0.25, -0.2) is 4.39 Å². The van der Waals surface area contributed by atoms with Gasteiger partial charge in [0, 0.05) is 0 Å². The molecule has 2 N–H and O–H groups in total. The molecule has 1 aliphatic carbocycles. The minimum atomic E-state index is -0.450. The van der Waals surface area contributed by atoms with Gasteiger partial charge in [0.15, 0.2) is 0 Å². The van der Waals surface area contributed by atoms with Gasteiger partial charge < -0.3 is 5.73 Å². The molecule has 16 heavy (non-hydrogen) atoms. The van der Waals surface area contributed by atoms with Crippen LogP contribution in [0, 0.1) is 28.5 Å². The Bertz CT molecular complexity index is 459. The van der Waals surface area contributed by atoms with E-state index in [-0.39, 0.29) is 11.0 Å². The van der Waals surface area contributed by atoms with E-state index in [2.05, 4.69) is 13.8 Å². The first kappa shape index (κ1) is 11.1. The summed E-state index contributed by atoms with van der Waals surface area (Å²) in [5.41, 5.74) is 7.01. The van der Waals surface area contributed by atoms with Crippen molar-refractivity contribution in [3.8, 4) is 6.07 Å². The molecule has 2 rings (SSSR count). The van der Waals surface area contributed by atoms with Crippen LogP contribution in [0.5, 0.6) is 0 Å². The predicted molar refractivity (Wildman–Crippen MR) is 60.2 cm³/mol. The third kappa shape index (κ3) is 1.50. The minimum Gasteiger partial charge on any atom is -0.330 e. The third-order valence-corrected chi connectivity index (χ3v) is 3.77. The maximum atomic E-state index is 13.2. The Balaban J connectivity index is 2.34. The van der Waals surface area contributed by atoms with Crippen molar-refractivity contribution in [3.05, 3.63) is 35.1 Å². The maximum absolute atomic E-state index is 13.2. The van der Waals surface area contributed by atoms with Crippen LogP contribution >= 0.6 is 0 Å². The van der Waals surface area contributed by atoms with Crippen molar-refractivity contribution < 1.29 is 4.39 Å². The number of hydrogen-bond acceptors (Lipinski definition) is 2. The monoisotopic (exact) mass is 218 g/mol. The number of halogens is 1. The molecule has 0 aromatic heterocycles. The average molecular weight is 218 g/mol. The van der Waals surface area contributed by atoms with Gasteiger partial charge in [-0.3, -0.25) is 0 Å². The van der Waals surface area contributed by atoms with Gasteiger partial charge in [0.1, 0.15) is 11.9 Å². The van der Waals surface area contributed by atoms with Crippen LogP contribution in [0.25, 0.3) is 0 Å². The third-order valence-electron chi connectivity index (χ3n) is 3.77. The van der Waals surface area contributed by atoms with Gasteiger partial charge in [-0.2, -0.15) is 5.26 Å². The predicted octanol–water partition coefficient (Wildman–Crippen LogP) is 2.40. The minimum absolute atomic E-state index is 0.121. The molecule has 0 aliphatic heterocycles. The number of benzene rings is 1. The van der Waals surface area contributed by atoms with E-state index in [4.69, 9.17) is 11.0 Å². The highest BCUT2D eigenvalue weighted by Gasteiger charge is 2.57. The van der Waals surface area contributed by atoms with E-state index < -0.39 is 5.82 Å². The second kappa shape index (κ2) is 3.57. The lowest BCUT2D eigenvalue weighted by Crippen LogP contribution is -2.05. The van der Waals surface area contributed by atoms with E-state index in [9.17, 15) is 4.39 Å². The molecule has 2 atom stereocenters. The molecule has 3 heteroatoms. The highest BCUT2D eigenvalue weighted by atomic mass is 19.1. The summed E-state index contributed by atoms with van der Waals surface area (Å²) >= 11 is 0. The Morgan fingerprint density at radius 2 is 2.19 bits per heavy atom. The zero-order valence-corrected chi connectivity index (χ0v) is 9.50. The molecule has 1 saturated carbocycles. The van der Waals surface area contributed by atoms with Gasteiger partial charge in [-0.15, -0.1) is 0 Å². The van der Waals surface area contributed by atoms with E-state index in [0.717, 1.165) is 5.56 Å². The first-order chi connectivity index (χ1) is 7.52. The molecule has 0 radical (unpaired) electrons. The van der Waals surface area contributed by atoms with Crippen LogP contribution in [-0.2, 0) is 0 Å². The average Bonchev–Trinajstić information content (AvgIpc) is 2.81. The lowest BCUT2D eigenvalue weighted by atomic mass is 10.0. The van der Waals surface area contributed by atoms with Crippen LogP contribution in [0.2, 0.25) is 0 Å². The van der Waals surface area contributed by atoms with Crippen LogP contribution in [0.4, 0.5) is 4.39 Å². The Kier molecular flexibility index (Phi) is 2.47. The van der Waals surface area contributed by atoms with Gasteiger partial charge in [-0.05, 0) is 41.5 Å². The second-order valence-corrected chi connectivity index (χ2v) is 4.99. The Labute approximate surface area is 94.9 Å². The molecular formula is C13H15FN2. The molecule has 0 amide bonds. The van der Waals surface area contributed by atoms with Crippen molar-refractivity contribution in [2.75, 3.05) is 6.54 Å². The van der Waals surface area contributed by atoms with Gasteiger partial charge in [0.25, 0.3) is 0 Å². The topological polar surface area (TPSA) is 49.8 Å².